The molecule has 0 aliphatic heterocycles. The molecule has 2 heteroatoms. The molecule has 0 unspecified atom stereocenters. The molecule has 0 spiro atoms. The molecule has 68 valence electrons. The zero-order chi connectivity index (χ0) is 9.26. The molecule has 2 nitrogen and oxygen atoms in total. The predicted octanol–water partition coefficient (Wildman–Crippen LogP) is 2.23. The maximum absolute atomic E-state index is 3.21. The van der Waals surface area contributed by atoms with Gasteiger partial charge in [-0.15, -0.1) is 0 Å². The first-order chi connectivity index (χ1) is 6.27. The standard InChI is InChI=1S/C11H14N2/c1-13(2)8-9-4-3-5-11-10(9)6-7-12-11/h3-7,12H,8H2,1-2H3. The molecule has 0 aliphatic carbocycles. The van der Waals surface area contributed by atoms with Crippen LogP contribution in [0.2, 0.25) is 0 Å². The van der Waals surface area contributed by atoms with Crippen LogP contribution in [0.4, 0.5) is 0 Å². The third-order valence-corrected chi connectivity index (χ3v) is 2.17. The van der Waals surface area contributed by atoms with Crippen LogP contribution in [0.3, 0.4) is 0 Å². The first-order valence-electron chi connectivity index (χ1n) is 4.47. The van der Waals surface area contributed by atoms with Crippen molar-refractivity contribution in [2.24, 2.45) is 0 Å². The van der Waals surface area contributed by atoms with Gasteiger partial charge in [-0.2, -0.15) is 0 Å². The maximum atomic E-state index is 3.21. The van der Waals surface area contributed by atoms with Crippen LogP contribution in [0.25, 0.3) is 10.9 Å². The summed E-state index contributed by atoms with van der Waals surface area (Å²) in [5.41, 5.74) is 2.60. The van der Waals surface area contributed by atoms with Crippen LogP contribution in [0.5, 0.6) is 0 Å². The van der Waals surface area contributed by atoms with Crippen LogP contribution in [0, 0.1) is 0 Å². The Morgan fingerprint density at radius 3 is 2.85 bits per heavy atom. The zero-order valence-corrected chi connectivity index (χ0v) is 8.04. The number of H-pyrrole nitrogens is 1. The molecule has 1 N–H and O–H groups in total. The van der Waals surface area contributed by atoms with Gasteiger partial charge in [0.25, 0.3) is 0 Å². The van der Waals surface area contributed by atoms with Gasteiger partial charge in [-0.05, 0) is 31.8 Å². The molecule has 0 bridgehead atoms. The third kappa shape index (κ3) is 1.58. The Morgan fingerprint density at radius 1 is 1.23 bits per heavy atom. The van der Waals surface area contributed by atoms with E-state index >= 15 is 0 Å². The van der Waals surface area contributed by atoms with Gasteiger partial charge in [-0.3, -0.25) is 0 Å². The number of aromatic nitrogens is 1. The Bertz CT molecular complexity index is 401. The van der Waals surface area contributed by atoms with E-state index in [9.17, 15) is 0 Å². The normalized spacial score (nSPS) is 11.3. The molecule has 0 saturated carbocycles. The summed E-state index contributed by atoms with van der Waals surface area (Å²) in [6.45, 7) is 0.995. The molecule has 0 saturated heterocycles. The van der Waals surface area contributed by atoms with Crippen molar-refractivity contribution in [1.29, 1.82) is 0 Å². The van der Waals surface area contributed by atoms with E-state index in [2.05, 4.69) is 48.2 Å². The fourth-order valence-electron chi connectivity index (χ4n) is 1.63. The fraction of sp³-hybridized carbons (Fsp3) is 0.273. The van der Waals surface area contributed by atoms with Gasteiger partial charge in [0, 0.05) is 23.6 Å². The molecule has 0 amide bonds. The summed E-state index contributed by atoms with van der Waals surface area (Å²) in [5, 5.41) is 1.33. The summed E-state index contributed by atoms with van der Waals surface area (Å²) in [4.78, 5) is 5.40. The Morgan fingerprint density at radius 2 is 2.08 bits per heavy atom. The lowest BCUT2D eigenvalue weighted by Gasteiger charge is -2.10. The lowest BCUT2D eigenvalue weighted by molar-refractivity contribution is 0.404. The number of nitrogens with one attached hydrogen (secondary N) is 1. The summed E-state index contributed by atoms with van der Waals surface area (Å²) >= 11 is 0. The molecule has 1 aromatic carbocycles. The molecule has 0 aliphatic rings. The number of rotatable bonds is 2. The minimum atomic E-state index is 0.995. The van der Waals surface area contributed by atoms with E-state index in [1.165, 1.54) is 16.5 Å². The Hall–Kier alpha value is -1.28. The number of hydrogen-bond donors (Lipinski definition) is 1. The summed E-state index contributed by atoms with van der Waals surface area (Å²) in [7, 11) is 4.18. The van der Waals surface area contributed by atoms with Gasteiger partial charge in [-0.25, -0.2) is 0 Å². The third-order valence-electron chi connectivity index (χ3n) is 2.17. The molecule has 0 radical (unpaired) electrons. The van der Waals surface area contributed by atoms with Crippen molar-refractivity contribution in [3.8, 4) is 0 Å². The molecular formula is C11H14N2. The molecule has 0 fully saturated rings. The van der Waals surface area contributed by atoms with Gasteiger partial charge in [-0.1, -0.05) is 12.1 Å². The van der Waals surface area contributed by atoms with Crippen molar-refractivity contribution in [2.45, 2.75) is 6.54 Å². The van der Waals surface area contributed by atoms with Crippen LogP contribution in [0.15, 0.2) is 30.5 Å². The topological polar surface area (TPSA) is 19.0 Å². The highest BCUT2D eigenvalue weighted by atomic mass is 15.0. The second-order valence-electron chi connectivity index (χ2n) is 3.59. The lowest BCUT2D eigenvalue weighted by atomic mass is 10.1. The Kier molecular flexibility index (Phi) is 2.07. The Balaban J connectivity index is 2.48. The van der Waals surface area contributed by atoms with Crippen molar-refractivity contribution in [2.75, 3.05) is 14.1 Å². The first kappa shape index (κ1) is 8.32. The van der Waals surface area contributed by atoms with E-state index < -0.39 is 0 Å². The van der Waals surface area contributed by atoms with Crippen molar-refractivity contribution in [3.05, 3.63) is 36.0 Å². The zero-order valence-electron chi connectivity index (χ0n) is 8.04. The highest BCUT2D eigenvalue weighted by Gasteiger charge is 2.01. The first-order valence-corrected chi connectivity index (χ1v) is 4.47. The van der Waals surface area contributed by atoms with Crippen LogP contribution in [0.1, 0.15) is 5.56 Å². The number of aromatic amines is 1. The second-order valence-corrected chi connectivity index (χ2v) is 3.59. The second kappa shape index (κ2) is 3.23. The SMILES string of the molecule is CN(C)Cc1cccc2[nH]ccc12. The van der Waals surface area contributed by atoms with E-state index in [4.69, 9.17) is 0 Å². The maximum Gasteiger partial charge on any atom is 0.0457 e. The number of benzene rings is 1. The minimum Gasteiger partial charge on any atom is -0.361 e. The van der Waals surface area contributed by atoms with Gasteiger partial charge >= 0.3 is 0 Å². The molecule has 2 rings (SSSR count). The summed E-state index contributed by atoms with van der Waals surface area (Å²) < 4.78 is 0. The highest BCUT2D eigenvalue weighted by molar-refractivity contribution is 5.82. The van der Waals surface area contributed by atoms with E-state index in [0.29, 0.717) is 0 Å². The van der Waals surface area contributed by atoms with Crippen LogP contribution < -0.4 is 0 Å². The summed E-state index contributed by atoms with van der Waals surface area (Å²) in [6.07, 6.45) is 1.99. The molecule has 1 aromatic heterocycles. The van der Waals surface area contributed by atoms with E-state index in [-0.39, 0.29) is 0 Å². The molecule has 13 heavy (non-hydrogen) atoms. The van der Waals surface area contributed by atoms with Gasteiger partial charge in [0.15, 0.2) is 0 Å². The Labute approximate surface area is 78.2 Å². The monoisotopic (exact) mass is 174 g/mol. The van der Waals surface area contributed by atoms with Gasteiger partial charge in [0.2, 0.25) is 0 Å². The molecular weight excluding hydrogens is 160 g/mol. The lowest BCUT2D eigenvalue weighted by Crippen LogP contribution is -2.10. The van der Waals surface area contributed by atoms with Crippen LogP contribution in [-0.4, -0.2) is 24.0 Å². The smallest absolute Gasteiger partial charge is 0.0457 e. The quantitative estimate of drug-likeness (QED) is 0.739. The summed E-state index contributed by atoms with van der Waals surface area (Å²) in [5.74, 6) is 0. The molecule has 0 atom stereocenters. The van der Waals surface area contributed by atoms with Crippen molar-refractivity contribution < 1.29 is 0 Å². The fourth-order valence-corrected chi connectivity index (χ4v) is 1.63. The van der Waals surface area contributed by atoms with Crippen LogP contribution >= 0.6 is 0 Å². The van der Waals surface area contributed by atoms with Gasteiger partial charge in [0.1, 0.15) is 0 Å². The average Bonchev–Trinajstić information content (AvgIpc) is 2.51. The minimum absolute atomic E-state index is 0.995. The van der Waals surface area contributed by atoms with Crippen molar-refractivity contribution in [1.82, 2.24) is 9.88 Å². The van der Waals surface area contributed by atoms with E-state index in [0.717, 1.165) is 6.54 Å². The van der Waals surface area contributed by atoms with Crippen LogP contribution in [-0.2, 0) is 6.54 Å². The summed E-state index contributed by atoms with van der Waals surface area (Å²) in [6, 6.07) is 8.51. The molecule has 1 heterocycles. The van der Waals surface area contributed by atoms with E-state index in [1.54, 1.807) is 0 Å². The van der Waals surface area contributed by atoms with Gasteiger partial charge < -0.3 is 9.88 Å². The van der Waals surface area contributed by atoms with Gasteiger partial charge in [0.05, 0.1) is 0 Å². The average molecular weight is 174 g/mol. The molecule has 2 aromatic rings. The number of fused-ring (bicyclic) bond motifs is 1. The largest absolute Gasteiger partial charge is 0.361 e. The van der Waals surface area contributed by atoms with E-state index in [1.807, 2.05) is 6.20 Å². The number of nitrogens with zero attached hydrogens (tertiary/aromatic N) is 1. The predicted molar refractivity (Wildman–Crippen MR) is 55.7 cm³/mol. The van der Waals surface area contributed by atoms with Crippen molar-refractivity contribution >= 4 is 10.9 Å². The van der Waals surface area contributed by atoms with Crippen molar-refractivity contribution in [3.63, 3.8) is 0 Å². The highest BCUT2D eigenvalue weighted by Crippen LogP contribution is 2.17. The number of hydrogen-bond acceptors (Lipinski definition) is 1.